The molecule has 3 nitrogen and oxygen atoms in total. The third-order valence-corrected chi connectivity index (χ3v) is 2.38. The first-order valence-electron chi connectivity index (χ1n) is 4.90. The quantitative estimate of drug-likeness (QED) is 0.802. The van der Waals surface area contributed by atoms with E-state index in [1.165, 1.54) is 12.1 Å². The highest BCUT2D eigenvalue weighted by Gasteiger charge is 2.24. The first kappa shape index (κ1) is 10.5. The number of benzene rings is 1. The summed E-state index contributed by atoms with van der Waals surface area (Å²) >= 11 is 0. The summed E-state index contributed by atoms with van der Waals surface area (Å²) in [6, 6.07) is 5.89. The van der Waals surface area contributed by atoms with Crippen LogP contribution in [0.2, 0.25) is 0 Å². The normalized spacial score (nSPS) is 23.7. The first-order chi connectivity index (χ1) is 7.27. The smallest absolute Gasteiger partial charge is 0.123 e. The Balaban J connectivity index is 2.08. The van der Waals surface area contributed by atoms with Crippen LogP contribution < -0.4 is 0 Å². The molecule has 1 saturated heterocycles. The molecule has 2 rings (SSSR count). The van der Waals surface area contributed by atoms with E-state index in [1.54, 1.807) is 12.1 Å². The Morgan fingerprint density at radius 1 is 1.40 bits per heavy atom. The molecule has 0 aliphatic carbocycles. The molecule has 0 saturated carbocycles. The molecular formula is C11H13FO3. The van der Waals surface area contributed by atoms with Crippen LogP contribution in [0.15, 0.2) is 24.3 Å². The molecule has 1 aliphatic rings. The van der Waals surface area contributed by atoms with Crippen LogP contribution in [0.1, 0.15) is 11.7 Å². The number of aliphatic hydroxyl groups excluding tert-OH is 1. The predicted molar refractivity (Wildman–Crippen MR) is 51.9 cm³/mol. The Kier molecular flexibility index (Phi) is 3.30. The van der Waals surface area contributed by atoms with Gasteiger partial charge < -0.3 is 14.6 Å². The van der Waals surface area contributed by atoms with Crippen molar-refractivity contribution in [3.05, 3.63) is 35.6 Å². The summed E-state index contributed by atoms with van der Waals surface area (Å²) in [6.07, 6.45) is -1.23. The Hall–Kier alpha value is -0.970. The molecule has 82 valence electrons. The molecular weight excluding hydrogens is 199 g/mol. The highest BCUT2D eigenvalue weighted by Crippen LogP contribution is 2.21. The molecule has 15 heavy (non-hydrogen) atoms. The minimum absolute atomic E-state index is 0.345. The van der Waals surface area contributed by atoms with E-state index in [4.69, 9.17) is 9.47 Å². The van der Waals surface area contributed by atoms with E-state index in [0.29, 0.717) is 25.4 Å². The summed E-state index contributed by atoms with van der Waals surface area (Å²) in [4.78, 5) is 0. The van der Waals surface area contributed by atoms with E-state index >= 15 is 0 Å². The van der Waals surface area contributed by atoms with Gasteiger partial charge in [0.2, 0.25) is 0 Å². The maximum absolute atomic E-state index is 12.9. The number of halogens is 1. The van der Waals surface area contributed by atoms with Crippen molar-refractivity contribution in [1.82, 2.24) is 0 Å². The standard InChI is InChI=1S/C11H13FO3/c12-9-3-1-2-8(6-9)11(13)10-7-14-4-5-15-10/h1-3,6,10-11,13H,4-5,7H2. The van der Waals surface area contributed by atoms with Gasteiger partial charge >= 0.3 is 0 Å². The Morgan fingerprint density at radius 3 is 2.93 bits per heavy atom. The van der Waals surface area contributed by atoms with Crippen LogP contribution in [0, 0.1) is 5.82 Å². The molecule has 1 heterocycles. The molecule has 1 aliphatic heterocycles. The van der Waals surface area contributed by atoms with Gasteiger partial charge in [-0.05, 0) is 17.7 Å². The van der Waals surface area contributed by atoms with Gasteiger partial charge in [0.15, 0.2) is 0 Å². The predicted octanol–water partition coefficient (Wildman–Crippen LogP) is 1.27. The average molecular weight is 212 g/mol. The summed E-state index contributed by atoms with van der Waals surface area (Å²) in [6.45, 7) is 1.36. The molecule has 0 spiro atoms. The summed E-state index contributed by atoms with van der Waals surface area (Å²) in [5.41, 5.74) is 0.519. The monoisotopic (exact) mass is 212 g/mol. The van der Waals surface area contributed by atoms with E-state index in [0.717, 1.165) is 0 Å². The highest BCUT2D eigenvalue weighted by molar-refractivity contribution is 5.19. The zero-order valence-electron chi connectivity index (χ0n) is 8.23. The first-order valence-corrected chi connectivity index (χ1v) is 4.90. The number of ether oxygens (including phenoxy) is 2. The van der Waals surface area contributed by atoms with Crippen molar-refractivity contribution in [1.29, 1.82) is 0 Å². The zero-order chi connectivity index (χ0) is 10.7. The summed E-state index contributed by atoms with van der Waals surface area (Å²) in [5, 5.41) is 9.90. The molecule has 2 unspecified atom stereocenters. The maximum Gasteiger partial charge on any atom is 0.123 e. The van der Waals surface area contributed by atoms with Crippen molar-refractivity contribution in [2.24, 2.45) is 0 Å². The van der Waals surface area contributed by atoms with Gasteiger partial charge in [-0.15, -0.1) is 0 Å². The Labute approximate surface area is 87.4 Å². The molecule has 1 N–H and O–H groups in total. The van der Waals surface area contributed by atoms with Crippen molar-refractivity contribution < 1.29 is 19.0 Å². The second kappa shape index (κ2) is 4.70. The van der Waals surface area contributed by atoms with Crippen molar-refractivity contribution in [3.8, 4) is 0 Å². The average Bonchev–Trinajstić information content (AvgIpc) is 2.29. The molecule has 0 bridgehead atoms. The van der Waals surface area contributed by atoms with Crippen molar-refractivity contribution in [3.63, 3.8) is 0 Å². The molecule has 1 aromatic rings. The van der Waals surface area contributed by atoms with Gasteiger partial charge in [-0.25, -0.2) is 4.39 Å². The SMILES string of the molecule is OC(c1cccc(F)c1)C1COCCO1. The van der Waals surface area contributed by atoms with E-state index < -0.39 is 12.2 Å². The third-order valence-electron chi connectivity index (χ3n) is 2.38. The van der Waals surface area contributed by atoms with Crippen LogP contribution in [0.4, 0.5) is 4.39 Å². The van der Waals surface area contributed by atoms with Crippen LogP contribution in [0.25, 0.3) is 0 Å². The lowest BCUT2D eigenvalue weighted by Gasteiger charge is -2.27. The minimum Gasteiger partial charge on any atom is -0.386 e. The summed E-state index contributed by atoms with van der Waals surface area (Å²) in [7, 11) is 0. The van der Waals surface area contributed by atoms with E-state index in [2.05, 4.69) is 0 Å². The molecule has 0 amide bonds. The summed E-state index contributed by atoms with van der Waals surface area (Å²) < 4.78 is 23.4. The molecule has 1 fully saturated rings. The molecule has 0 radical (unpaired) electrons. The van der Waals surface area contributed by atoms with Crippen molar-refractivity contribution >= 4 is 0 Å². The van der Waals surface area contributed by atoms with Gasteiger partial charge in [-0.2, -0.15) is 0 Å². The number of aliphatic hydroxyl groups is 1. The van der Waals surface area contributed by atoms with Gasteiger partial charge in [0.05, 0.1) is 19.8 Å². The van der Waals surface area contributed by atoms with Gasteiger partial charge in [0, 0.05) is 0 Å². The minimum atomic E-state index is -0.832. The lowest BCUT2D eigenvalue weighted by Crippen LogP contribution is -2.33. The van der Waals surface area contributed by atoms with Crippen LogP contribution in [0.5, 0.6) is 0 Å². The number of hydrogen-bond acceptors (Lipinski definition) is 3. The lowest BCUT2D eigenvalue weighted by molar-refractivity contribution is -0.133. The molecule has 0 aromatic heterocycles. The highest BCUT2D eigenvalue weighted by atomic mass is 19.1. The molecule has 2 atom stereocenters. The lowest BCUT2D eigenvalue weighted by atomic mass is 10.0. The Bertz CT molecular complexity index is 323. The zero-order valence-corrected chi connectivity index (χ0v) is 8.23. The van der Waals surface area contributed by atoms with E-state index in [1.807, 2.05) is 0 Å². The van der Waals surface area contributed by atoms with Crippen LogP contribution in [-0.2, 0) is 9.47 Å². The fourth-order valence-electron chi connectivity index (χ4n) is 1.59. The molecule has 4 heteroatoms. The number of rotatable bonds is 2. The summed E-state index contributed by atoms with van der Waals surface area (Å²) in [5.74, 6) is -0.358. The maximum atomic E-state index is 12.9. The van der Waals surface area contributed by atoms with Crippen LogP contribution in [0.3, 0.4) is 0 Å². The van der Waals surface area contributed by atoms with Gasteiger partial charge in [-0.1, -0.05) is 12.1 Å². The fraction of sp³-hybridized carbons (Fsp3) is 0.455. The van der Waals surface area contributed by atoms with E-state index in [-0.39, 0.29) is 5.82 Å². The van der Waals surface area contributed by atoms with Crippen molar-refractivity contribution in [2.75, 3.05) is 19.8 Å². The second-order valence-electron chi connectivity index (χ2n) is 3.48. The van der Waals surface area contributed by atoms with E-state index in [9.17, 15) is 9.50 Å². The molecule has 1 aromatic carbocycles. The van der Waals surface area contributed by atoms with Crippen molar-refractivity contribution in [2.45, 2.75) is 12.2 Å². The largest absolute Gasteiger partial charge is 0.386 e. The Morgan fingerprint density at radius 2 is 2.27 bits per heavy atom. The van der Waals surface area contributed by atoms with Crippen LogP contribution >= 0.6 is 0 Å². The second-order valence-corrected chi connectivity index (χ2v) is 3.48. The van der Waals surface area contributed by atoms with Gasteiger partial charge in [0.25, 0.3) is 0 Å². The van der Waals surface area contributed by atoms with Crippen LogP contribution in [-0.4, -0.2) is 31.0 Å². The van der Waals surface area contributed by atoms with Gasteiger partial charge in [-0.3, -0.25) is 0 Å². The topological polar surface area (TPSA) is 38.7 Å². The fourth-order valence-corrected chi connectivity index (χ4v) is 1.59. The third kappa shape index (κ3) is 2.53. The van der Waals surface area contributed by atoms with Gasteiger partial charge in [0.1, 0.15) is 18.0 Å². The number of hydrogen-bond donors (Lipinski definition) is 1.